The van der Waals surface area contributed by atoms with E-state index in [2.05, 4.69) is 5.32 Å². The average Bonchev–Trinajstić information content (AvgIpc) is 2.37. The second-order valence-electron chi connectivity index (χ2n) is 4.36. The van der Waals surface area contributed by atoms with E-state index in [1.54, 1.807) is 30.3 Å². The number of rotatable bonds is 3. The highest BCUT2D eigenvalue weighted by Gasteiger charge is 2.09. The van der Waals surface area contributed by atoms with Crippen LogP contribution in [-0.4, -0.2) is 11.7 Å². The third kappa shape index (κ3) is 3.36. The van der Waals surface area contributed by atoms with Crippen molar-refractivity contribution in [3.05, 3.63) is 58.6 Å². The number of anilines is 2. The summed E-state index contributed by atoms with van der Waals surface area (Å²) in [5, 5.41) is 3.10. The number of benzene rings is 2. The van der Waals surface area contributed by atoms with Gasteiger partial charge < -0.3 is 11.1 Å². The lowest BCUT2D eigenvalue weighted by molar-refractivity contribution is 0.101. The van der Waals surface area contributed by atoms with E-state index in [0.717, 1.165) is 0 Å². The van der Waals surface area contributed by atoms with E-state index in [1.165, 1.54) is 19.1 Å². The van der Waals surface area contributed by atoms with Crippen molar-refractivity contribution in [1.29, 1.82) is 0 Å². The van der Waals surface area contributed by atoms with Gasteiger partial charge in [-0.3, -0.25) is 9.59 Å². The molecule has 5 heteroatoms. The summed E-state index contributed by atoms with van der Waals surface area (Å²) in [6.07, 6.45) is 0. The fourth-order valence-electron chi connectivity index (χ4n) is 1.76. The van der Waals surface area contributed by atoms with E-state index in [9.17, 15) is 9.59 Å². The molecule has 4 nitrogen and oxygen atoms in total. The third-order valence-corrected chi connectivity index (χ3v) is 2.93. The summed E-state index contributed by atoms with van der Waals surface area (Å²) < 4.78 is 0. The van der Waals surface area contributed by atoms with Crippen LogP contribution in [0.3, 0.4) is 0 Å². The highest BCUT2D eigenvalue weighted by molar-refractivity contribution is 6.31. The van der Waals surface area contributed by atoms with E-state index < -0.39 is 0 Å². The van der Waals surface area contributed by atoms with E-state index in [1.807, 2.05) is 0 Å². The van der Waals surface area contributed by atoms with Crippen molar-refractivity contribution in [2.24, 2.45) is 0 Å². The van der Waals surface area contributed by atoms with Gasteiger partial charge in [0.05, 0.1) is 0 Å². The molecule has 2 rings (SSSR count). The number of nitrogen functional groups attached to an aromatic ring is 1. The Labute approximate surface area is 121 Å². The molecule has 0 aliphatic rings. The Bertz CT molecular complexity index is 663. The quantitative estimate of drug-likeness (QED) is 0.672. The topological polar surface area (TPSA) is 72.2 Å². The Balaban J connectivity index is 2.23. The molecule has 0 atom stereocenters. The van der Waals surface area contributed by atoms with Crippen LogP contribution in [0.4, 0.5) is 11.4 Å². The first-order chi connectivity index (χ1) is 9.45. The standard InChI is InChI=1S/C15H13ClN2O2/c1-9(19)10-3-2-4-14(7-10)18-15(20)11-5-12(16)8-13(17)6-11/h2-8H,17H2,1H3,(H,18,20). The number of hydrogen-bond acceptors (Lipinski definition) is 3. The van der Waals surface area contributed by atoms with Crippen LogP contribution in [0.2, 0.25) is 5.02 Å². The van der Waals surface area contributed by atoms with Gasteiger partial charge in [-0.2, -0.15) is 0 Å². The van der Waals surface area contributed by atoms with Crippen molar-refractivity contribution in [3.8, 4) is 0 Å². The molecule has 20 heavy (non-hydrogen) atoms. The smallest absolute Gasteiger partial charge is 0.255 e. The van der Waals surface area contributed by atoms with Gasteiger partial charge >= 0.3 is 0 Å². The van der Waals surface area contributed by atoms with Gasteiger partial charge in [0.25, 0.3) is 5.91 Å². The maximum Gasteiger partial charge on any atom is 0.255 e. The Kier molecular flexibility index (Phi) is 4.05. The lowest BCUT2D eigenvalue weighted by Crippen LogP contribution is -2.12. The monoisotopic (exact) mass is 288 g/mol. The van der Waals surface area contributed by atoms with Crippen LogP contribution in [0.1, 0.15) is 27.6 Å². The summed E-state index contributed by atoms with van der Waals surface area (Å²) in [5.41, 5.74) is 7.50. The van der Waals surface area contributed by atoms with Crippen LogP contribution in [0.5, 0.6) is 0 Å². The molecule has 0 heterocycles. The van der Waals surface area contributed by atoms with Gasteiger partial charge in [0.2, 0.25) is 0 Å². The maximum atomic E-state index is 12.1. The normalized spacial score (nSPS) is 10.1. The molecule has 0 fully saturated rings. The number of nitrogens with two attached hydrogens (primary N) is 1. The average molecular weight is 289 g/mol. The molecule has 0 unspecified atom stereocenters. The highest BCUT2D eigenvalue weighted by atomic mass is 35.5. The minimum absolute atomic E-state index is 0.0619. The van der Waals surface area contributed by atoms with Crippen molar-refractivity contribution < 1.29 is 9.59 Å². The third-order valence-electron chi connectivity index (χ3n) is 2.71. The Morgan fingerprint density at radius 1 is 1.10 bits per heavy atom. The number of ketones is 1. The van der Waals surface area contributed by atoms with Crippen LogP contribution in [0, 0.1) is 0 Å². The molecule has 2 aromatic carbocycles. The van der Waals surface area contributed by atoms with Gasteiger partial charge in [0, 0.05) is 27.5 Å². The zero-order chi connectivity index (χ0) is 14.7. The molecule has 3 N–H and O–H groups in total. The molecule has 0 aromatic heterocycles. The van der Waals surface area contributed by atoms with E-state index in [-0.39, 0.29) is 11.7 Å². The minimum Gasteiger partial charge on any atom is -0.399 e. The molecule has 0 aliphatic carbocycles. The zero-order valence-electron chi connectivity index (χ0n) is 10.8. The van der Waals surface area contributed by atoms with Gasteiger partial charge in [-0.05, 0) is 37.3 Å². The molecule has 0 saturated carbocycles. The molecule has 0 spiro atoms. The molecule has 1 amide bonds. The molecular formula is C15H13ClN2O2. The number of amides is 1. The summed E-state index contributed by atoms with van der Waals surface area (Å²) in [4.78, 5) is 23.4. The van der Waals surface area contributed by atoms with Gasteiger partial charge in [-0.15, -0.1) is 0 Å². The fraction of sp³-hybridized carbons (Fsp3) is 0.0667. The van der Waals surface area contributed by atoms with E-state index in [4.69, 9.17) is 17.3 Å². The second-order valence-corrected chi connectivity index (χ2v) is 4.80. The van der Waals surface area contributed by atoms with Gasteiger partial charge in [-0.1, -0.05) is 23.7 Å². The van der Waals surface area contributed by atoms with Crippen LogP contribution in [-0.2, 0) is 0 Å². The summed E-state index contributed by atoms with van der Waals surface area (Å²) in [5.74, 6) is -0.395. The maximum absolute atomic E-state index is 12.1. The van der Waals surface area contributed by atoms with Gasteiger partial charge in [0.1, 0.15) is 0 Å². The zero-order valence-corrected chi connectivity index (χ0v) is 11.6. The first-order valence-corrected chi connectivity index (χ1v) is 6.32. The van der Waals surface area contributed by atoms with Crippen molar-refractivity contribution in [3.63, 3.8) is 0 Å². The largest absolute Gasteiger partial charge is 0.399 e. The molecule has 102 valence electrons. The Morgan fingerprint density at radius 3 is 2.50 bits per heavy atom. The first-order valence-electron chi connectivity index (χ1n) is 5.94. The van der Waals surface area contributed by atoms with Crippen LogP contribution in [0.25, 0.3) is 0 Å². The number of hydrogen-bond donors (Lipinski definition) is 2. The fourth-order valence-corrected chi connectivity index (χ4v) is 2.01. The summed E-state index contributed by atoms with van der Waals surface area (Å²) in [7, 11) is 0. The SMILES string of the molecule is CC(=O)c1cccc(NC(=O)c2cc(N)cc(Cl)c2)c1. The molecule has 2 aromatic rings. The number of halogens is 1. The van der Waals surface area contributed by atoms with Crippen molar-refractivity contribution in [1.82, 2.24) is 0 Å². The number of Topliss-reactive ketones (excluding diaryl/α,β-unsaturated/α-hetero) is 1. The van der Waals surface area contributed by atoms with Gasteiger partial charge in [0.15, 0.2) is 5.78 Å². The van der Waals surface area contributed by atoms with Crippen molar-refractivity contribution >= 4 is 34.7 Å². The molecule has 0 radical (unpaired) electrons. The molecular weight excluding hydrogens is 276 g/mol. The van der Waals surface area contributed by atoms with Crippen molar-refractivity contribution in [2.75, 3.05) is 11.1 Å². The van der Waals surface area contributed by atoms with Crippen LogP contribution < -0.4 is 11.1 Å². The summed E-state index contributed by atoms with van der Waals surface area (Å²) >= 11 is 5.86. The Morgan fingerprint density at radius 2 is 1.85 bits per heavy atom. The van der Waals surface area contributed by atoms with Crippen LogP contribution in [0.15, 0.2) is 42.5 Å². The highest BCUT2D eigenvalue weighted by Crippen LogP contribution is 2.18. The predicted octanol–water partition coefficient (Wildman–Crippen LogP) is 3.38. The molecule has 0 aliphatic heterocycles. The number of carbonyl (C=O) groups excluding carboxylic acids is 2. The Hall–Kier alpha value is -2.33. The van der Waals surface area contributed by atoms with E-state index >= 15 is 0 Å². The number of carbonyl (C=O) groups is 2. The predicted molar refractivity (Wildman–Crippen MR) is 80.3 cm³/mol. The van der Waals surface area contributed by atoms with Gasteiger partial charge in [-0.25, -0.2) is 0 Å². The van der Waals surface area contributed by atoms with Crippen molar-refractivity contribution in [2.45, 2.75) is 6.92 Å². The molecule has 0 bridgehead atoms. The minimum atomic E-state index is -0.333. The summed E-state index contributed by atoms with van der Waals surface area (Å²) in [6.45, 7) is 1.47. The van der Waals surface area contributed by atoms with Crippen LogP contribution >= 0.6 is 11.6 Å². The lowest BCUT2D eigenvalue weighted by Gasteiger charge is -2.07. The molecule has 0 saturated heterocycles. The lowest BCUT2D eigenvalue weighted by atomic mass is 10.1. The number of nitrogens with one attached hydrogen (secondary N) is 1. The summed E-state index contributed by atoms with van der Waals surface area (Å²) in [6, 6.07) is 11.4. The van der Waals surface area contributed by atoms with E-state index in [0.29, 0.717) is 27.5 Å². The second kappa shape index (κ2) is 5.75. The first kappa shape index (κ1) is 14.1.